The molecule has 3 atom stereocenters. The van der Waals surface area contributed by atoms with Gasteiger partial charge in [-0.15, -0.1) is 0 Å². The zero-order valence-corrected chi connectivity index (χ0v) is 8.32. The van der Waals surface area contributed by atoms with E-state index in [-0.39, 0.29) is 6.10 Å². The Morgan fingerprint density at radius 2 is 2.08 bits per heavy atom. The van der Waals surface area contributed by atoms with Gasteiger partial charge in [0, 0.05) is 0 Å². The van der Waals surface area contributed by atoms with Crippen molar-refractivity contribution in [1.82, 2.24) is 0 Å². The summed E-state index contributed by atoms with van der Waals surface area (Å²) in [6, 6.07) is 0. The van der Waals surface area contributed by atoms with Crippen molar-refractivity contribution in [2.24, 2.45) is 5.92 Å². The molecule has 0 spiro atoms. The monoisotopic (exact) mass is 186 g/mol. The number of carbonyl (C=O) groups excluding carboxylic acids is 1. The highest BCUT2D eigenvalue weighted by molar-refractivity contribution is 5.74. The summed E-state index contributed by atoms with van der Waals surface area (Å²) < 4.78 is 5.18. The van der Waals surface area contributed by atoms with E-state index in [1.165, 1.54) is 13.3 Å². The van der Waals surface area contributed by atoms with E-state index in [9.17, 15) is 4.79 Å². The van der Waals surface area contributed by atoms with Crippen molar-refractivity contribution in [3.63, 3.8) is 0 Å². The van der Waals surface area contributed by atoms with Gasteiger partial charge in [-0.3, -0.25) is 0 Å². The summed E-state index contributed by atoms with van der Waals surface area (Å²) in [5.74, 6) is -0.0461. The summed E-state index contributed by atoms with van der Waals surface area (Å²) in [5, 5.41) is 8.96. The second-order valence-corrected chi connectivity index (χ2v) is 3.91. The molecule has 0 aromatic rings. The van der Waals surface area contributed by atoms with E-state index >= 15 is 0 Å². The van der Waals surface area contributed by atoms with Crippen LogP contribution in [0.25, 0.3) is 0 Å². The zero-order chi connectivity index (χ0) is 9.84. The molecule has 0 amide bonds. The van der Waals surface area contributed by atoms with E-state index in [2.05, 4.69) is 6.92 Å². The second kappa shape index (κ2) is 4.61. The van der Waals surface area contributed by atoms with Gasteiger partial charge in [-0.05, 0) is 32.1 Å². The Bertz CT molecular complexity index is 177. The third kappa shape index (κ3) is 2.99. The van der Waals surface area contributed by atoms with Crippen LogP contribution < -0.4 is 0 Å². The Morgan fingerprint density at radius 3 is 2.62 bits per heavy atom. The highest BCUT2D eigenvalue weighted by atomic mass is 16.6. The van der Waals surface area contributed by atoms with Gasteiger partial charge < -0.3 is 9.84 Å². The van der Waals surface area contributed by atoms with Gasteiger partial charge >= 0.3 is 5.97 Å². The molecule has 0 radical (unpaired) electrons. The molecule has 3 nitrogen and oxygen atoms in total. The Balaban J connectivity index is 2.38. The molecule has 1 N–H and O–H groups in total. The fourth-order valence-electron chi connectivity index (χ4n) is 1.70. The van der Waals surface area contributed by atoms with Crippen molar-refractivity contribution in [3.8, 4) is 0 Å². The average Bonchev–Trinajstić information content (AvgIpc) is 2.08. The molecule has 0 bridgehead atoms. The number of ether oxygens (including phenoxy) is 1. The van der Waals surface area contributed by atoms with Crippen molar-refractivity contribution in [1.29, 1.82) is 0 Å². The molecule has 0 aromatic heterocycles. The lowest BCUT2D eigenvalue weighted by Gasteiger charge is -2.28. The largest absolute Gasteiger partial charge is 0.460 e. The van der Waals surface area contributed by atoms with Crippen LogP contribution in [0.3, 0.4) is 0 Å². The second-order valence-electron chi connectivity index (χ2n) is 3.91. The van der Waals surface area contributed by atoms with Crippen LogP contribution in [0.15, 0.2) is 0 Å². The van der Waals surface area contributed by atoms with Crippen LogP contribution in [0.2, 0.25) is 0 Å². The van der Waals surface area contributed by atoms with Crippen LogP contribution in [0.4, 0.5) is 0 Å². The number of carbonyl (C=O) groups is 1. The number of rotatable bonds is 2. The summed E-state index contributed by atoms with van der Waals surface area (Å²) in [4.78, 5) is 11.1. The van der Waals surface area contributed by atoms with Crippen molar-refractivity contribution >= 4 is 5.97 Å². The first-order valence-electron chi connectivity index (χ1n) is 5.00. The van der Waals surface area contributed by atoms with Crippen molar-refractivity contribution in [3.05, 3.63) is 0 Å². The first-order chi connectivity index (χ1) is 6.11. The van der Waals surface area contributed by atoms with E-state index in [4.69, 9.17) is 9.84 Å². The number of esters is 1. The lowest BCUT2D eigenvalue weighted by atomic mass is 9.88. The standard InChI is InChI=1S/C10H18O3/c1-7-5-3-4-6-9(7)13-10(12)8(2)11/h7-9,11H,3-6H2,1-2H3/t7?,8-,9?/m0/s1. The minimum Gasteiger partial charge on any atom is -0.460 e. The Morgan fingerprint density at radius 1 is 1.46 bits per heavy atom. The van der Waals surface area contributed by atoms with Gasteiger partial charge in [-0.2, -0.15) is 0 Å². The van der Waals surface area contributed by atoms with Crippen molar-refractivity contribution in [2.75, 3.05) is 0 Å². The zero-order valence-electron chi connectivity index (χ0n) is 8.32. The van der Waals surface area contributed by atoms with Gasteiger partial charge in [-0.25, -0.2) is 4.79 Å². The fraction of sp³-hybridized carbons (Fsp3) is 0.900. The summed E-state index contributed by atoms with van der Waals surface area (Å²) in [6.45, 7) is 3.54. The van der Waals surface area contributed by atoms with Gasteiger partial charge in [-0.1, -0.05) is 13.3 Å². The molecule has 1 fully saturated rings. The lowest BCUT2D eigenvalue weighted by molar-refractivity contribution is -0.162. The van der Waals surface area contributed by atoms with Gasteiger partial charge in [0.1, 0.15) is 12.2 Å². The highest BCUT2D eigenvalue weighted by Gasteiger charge is 2.25. The predicted molar refractivity (Wildman–Crippen MR) is 49.2 cm³/mol. The molecular formula is C10H18O3. The number of hydrogen-bond acceptors (Lipinski definition) is 3. The first kappa shape index (κ1) is 10.5. The maximum absolute atomic E-state index is 11.1. The Kier molecular flexibility index (Phi) is 3.72. The molecule has 2 unspecified atom stereocenters. The highest BCUT2D eigenvalue weighted by Crippen LogP contribution is 2.26. The molecular weight excluding hydrogens is 168 g/mol. The molecule has 13 heavy (non-hydrogen) atoms. The first-order valence-corrected chi connectivity index (χ1v) is 5.00. The van der Waals surface area contributed by atoms with Gasteiger partial charge in [0.05, 0.1) is 0 Å². The van der Waals surface area contributed by atoms with E-state index in [1.807, 2.05) is 0 Å². The normalized spacial score (nSPS) is 31.0. The molecule has 1 rings (SSSR count). The third-order valence-electron chi connectivity index (χ3n) is 2.64. The van der Waals surface area contributed by atoms with Gasteiger partial charge in [0.25, 0.3) is 0 Å². The summed E-state index contributed by atoms with van der Waals surface area (Å²) in [6.07, 6.45) is 3.45. The van der Waals surface area contributed by atoms with E-state index < -0.39 is 12.1 Å². The molecule has 1 saturated carbocycles. The Labute approximate surface area is 79.1 Å². The topological polar surface area (TPSA) is 46.5 Å². The minimum atomic E-state index is -0.992. The van der Waals surface area contributed by atoms with Crippen molar-refractivity contribution in [2.45, 2.75) is 51.7 Å². The van der Waals surface area contributed by atoms with Crippen LogP contribution in [0.1, 0.15) is 39.5 Å². The van der Waals surface area contributed by atoms with E-state index in [0.29, 0.717) is 5.92 Å². The molecule has 0 aromatic carbocycles. The van der Waals surface area contributed by atoms with Gasteiger partial charge in [0.2, 0.25) is 0 Å². The summed E-state index contributed by atoms with van der Waals surface area (Å²) in [7, 11) is 0. The summed E-state index contributed by atoms with van der Waals surface area (Å²) >= 11 is 0. The van der Waals surface area contributed by atoms with Crippen LogP contribution in [0.5, 0.6) is 0 Å². The van der Waals surface area contributed by atoms with E-state index in [0.717, 1.165) is 19.3 Å². The van der Waals surface area contributed by atoms with Crippen LogP contribution in [-0.2, 0) is 9.53 Å². The van der Waals surface area contributed by atoms with Crippen LogP contribution in [0, 0.1) is 5.92 Å². The molecule has 1 aliphatic rings. The maximum Gasteiger partial charge on any atom is 0.334 e. The number of hydrogen-bond donors (Lipinski definition) is 1. The average molecular weight is 186 g/mol. The lowest BCUT2D eigenvalue weighted by Crippen LogP contribution is -2.32. The molecule has 0 heterocycles. The summed E-state index contributed by atoms with van der Waals surface area (Å²) in [5.41, 5.74) is 0. The molecule has 0 aliphatic heterocycles. The SMILES string of the molecule is CC1CCCCC1OC(=O)[C@H](C)O. The molecule has 3 heteroatoms. The third-order valence-corrected chi connectivity index (χ3v) is 2.64. The minimum absolute atomic E-state index is 0.0239. The Hall–Kier alpha value is -0.570. The van der Waals surface area contributed by atoms with Gasteiger partial charge in [0.15, 0.2) is 0 Å². The number of aliphatic hydroxyl groups excluding tert-OH is 1. The smallest absolute Gasteiger partial charge is 0.334 e. The fourth-order valence-corrected chi connectivity index (χ4v) is 1.70. The quantitative estimate of drug-likeness (QED) is 0.664. The predicted octanol–water partition coefficient (Wildman–Crippen LogP) is 1.49. The maximum atomic E-state index is 11.1. The van der Waals surface area contributed by atoms with Crippen LogP contribution >= 0.6 is 0 Å². The molecule has 0 saturated heterocycles. The van der Waals surface area contributed by atoms with Crippen LogP contribution in [-0.4, -0.2) is 23.3 Å². The molecule has 1 aliphatic carbocycles. The van der Waals surface area contributed by atoms with Crippen molar-refractivity contribution < 1.29 is 14.6 Å². The van der Waals surface area contributed by atoms with E-state index in [1.54, 1.807) is 0 Å². The number of aliphatic hydroxyl groups is 1. The molecule has 76 valence electrons.